The zero-order valence-corrected chi connectivity index (χ0v) is 11.7. The van der Waals surface area contributed by atoms with Gasteiger partial charge in [0.05, 0.1) is 19.3 Å². The number of aliphatic hydroxyl groups excluding tert-OH is 1. The maximum atomic E-state index is 10.1. The van der Waals surface area contributed by atoms with Gasteiger partial charge in [-0.1, -0.05) is 30.7 Å². The molecule has 1 N–H and O–H groups in total. The smallest absolute Gasteiger partial charge is 0.0812 e. The third kappa shape index (κ3) is 4.30. The first-order valence-corrected chi connectivity index (χ1v) is 7.16. The number of ether oxygens (including phenoxy) is 2. The minimum atomic E-state index is -0.432. The van der Waals surface area contributed by atoms with E-state index in [0.717, 1.165) is 11.5 Å². The van der Waals surface area contributed by atoms with Crippen molar-refractivity contribution in [3.63, 3.8) is 0 Å². The Morgan fingerprint density at radius 2 is 1.89 bits per heavy atom. The zero-order valence-electron chi connectivity index (χ0n) is 11.7. The van der Waals surface area contributed by atoms with E-state index in [9.17, 15) is 5.11 Å². The molecule has 1 unspecified atom stereocenters. The van der Waals surface area contributed by atoms with E-state index in [2.05, 4.69) is 12.1 Å². The fourth-order valence-corrected chi connectivity index (χ4v) is 2.34. The molecular formula is C16H24O3. The Labute approximate surface area is 115 Å². The van der Waals surface area contributed by atoms with Crippen LogP contribution in [0.25, 0.3) is 0 Å². The van der Waals surface area contributed by atoms with Crippen molar-refractivity contribution in [1.82, 2.24) is 0 Å². The minimum Gasteiger partial charge on any atom is -0.388 e. The molecule has 1 saturated carbocycles. The Bertz CT molecular complexity index is 357. The van der Waals surface area contributed by atoms with Crippen LogP contribution in [-0.4, -0.2) is 32.0 Å². The van der Waals surface area contributed by atoms with Crippen molar-refractivity contribution < 1.29 is 14.6 Å². The number of aliphatic hydroxyl groups is 1. The van der Waals surface area contributed by atoms with Crippen molar-refractivity contribution >= 4 is 0 Å². The summed E-state index contributed by atoms with van der Waals surface area (Å²) in [7, 11) is 1.65. The van der Waals surface area contributed by atoms with Crippen molar-refractivity contribution in [3.05, 3.63) is 35.4 Å². The Kier molecular flexibility index (Phi) is 5.83. The predicted octanol–water partition coefficient (Wildman–Crippen LogP) is 3.04. The third-order valence-electron chi connectivity index (χ3n) is 3.87. The maximum absolute atomic E-state index is 10.1. The molecule has 3 nitrogen and oxygen atoms in total. The Morgan fingerprint density at radius 3 is 2.47 bits per heavy atom. The second-order valence-electron chi connectivity index (χ2n) is 5.20. The van der Waals surface area contributed by atoms with Gasteiger partial charge in [0.1, 0.15) is 0 Å². The summed E-state index contributed by atoms with van der Waals surface area (Å²) in [6.07, 6.45) is 4.18. The Balaban J connectivity index is 1.73. The molecule has 0 heterocycles. The standard InChI is InChI=1S/C16H24O3/c1-18-11-12-19-10-9-16(17)15-7-5-14(6-8-15)13-3-2-4-13/h5-8,13,16-17H,2-4,9-12H2,1H3. The summed E-state index contributed by atoms with van der Waals surface area (Å²) in [6.45, 7) is 1.75. The average Bonchev–Trinajstić information content (AvgIpc) is 2.37. The van der Waals surface area contributed by atoms with Crippen LogP contribution in [-0.2, 0) is 9.47 Å². The fraction of sp³-hybridized carbons (Fsp3) is 0.625. The molecule has 2 rings (SSSR count). The number of benzene rings is 1. The molecule has 1 aliphatic rings. The molecule has 0 spiro atoms. The molecule has 1 aromatic rings. The van der Waals surface area contributed by atoms with E-state index in [4.69, 9.17) is 9.47 Å². The lowest BCUT2D eigenvalue weighted by Crippen LogP contribution is -2.09. The van der Waals surface area contributed by atoms with E-state index < -0.39 is 6.10 Å². The van der Waals surface area contributed by atoms with Gasteiger partial charge in [0.15, 0.2) is 0 Å². The lowest BCUT2D eigenvalue weighted by molar-refractivity contribution is 0.0475. The molecule has 19 heavy (non-hydrogen) atoms. The molecule has 1 atom stereocenters. The van der Waals surface area contributed by atoms with Crippen LogP contribution in [0.1, 0.15) is 48.8 Å². The van der Waals surface area contributed by atoms with Crippen molar-refractivity contribution in [1.29, 1.82) is 0 Å². The highest BCUT2D eigenvalue weighted by atomic mass is 16.5. The summed E-state index contributed by atoms with van der Waals surface area (Å²) in [5.41, 5.74) is 2.40. The summed E-state index contributed by atoms with van der Waals surface area (Å²) in [5.74, 6) is 0.753. The first-order valence-electron chi connectivity index (χ1n) is 7.16. The van der Waals surface area contributed by atoms with Crippen molar-refractivity contribution in [2.75, 3.05) is 26.9 Å². The van der Waals surface area contributed by atoms with Gasteiger partial charge < -0.3 is 14.6 Å². The van der Waals surface area contributed by atoms with E-state index in [1.54, 1.807) is 7.11 Å². The molecule has 0 amide bonds. The van der Waals surface area contributed by atoms with Gasteiger partial charge in [-0.25, -0.2) is 0 Å². The molecular weight excluding hydrogens is 240 g/mol. The maximum Gasteiger partial charge on any atom is 0.0812 e. The van der Waals surface area contributed by atoms with Gasteiger partial charge >= 0.3 is 0 Å². The van der Waals surface area contributed by atoms with Gasteiger partial charge in [-0.05, 0) is 29.9 Å². The number of methoxy groups -OCH3 is 1. The lowest BCUT2D eigenvalue weighted by Gasteiger charge is -2.26. The predicted molar refractivity (Wildman–Crippen MR) is 75.3 cm³/mol. The van der Waals surface area contributed by atoms with Crippen LogP contribution in [0.4, 0.5) is 0 Å². The normalized spacial score (nSPS) is 17.2. The summed E-state index contributed by atoms with van der Waals surface area (Å²) < 4.78 is 10.3. The highest BCUT2D eigenvalue weighted by Gasteiger charge is 2.19. The topological polar surface area (TPSA) is 38.7 Å². The fourth-order valence-electron chi connectivity index (χ4n) is 2.34. The highest BCUT2D eigenvalue weighted by molar-refractivity contribution is 5.27. The summed E-state index contributed by atoms with van der Waals surface area (Å²) in [6, 6.07) is 8.42. The summed E-state index contributed by atoms with van der Waals surface area (Å²) in [4.78, 5) is 0. The van der Waals surface area contributed by atoms with Crippen LogP contribution in [0, 0.1) is 0 Å². The number of hydrogen-bond acceptors (Lipinski definition) is 3. The van der Waals surface area contributed by atoms with E-state index in [0.29, 0.717) is 26.2 Å². The molecule has 1 fully saturated rings. The average molecular weight is 264 g/mol. The first-order chi connectivity index (χ1) is 9.31. The summed E-state index contributed by atoms with van der Waals surface area (Å²) in [5, 5.41) is 10.1. The van der Waals surface area contributed by atoms with Gasteiger partial charge in [0.25, 0.3) is 0 Å². The molecule has 1 aromatic carbocycles. The quantitative estimate of drug-likeness (QED) is 0.733. The SMILES string of the molecule is COCCOCCC(O)c1ccc(C2CCC2)cc1. The van der Waals surface area contributed by atoms with Crippen molar-refractivity contribution in [3.8, 4) is 0 Å². The monoisotopic (exact) mass is 264 g/mol. The molecule has 1 aliphatic carbocycles. The van der Waals surface area contributed by atoms with Gasteiger partial charge in [0.2, 0.25) is 0 Å². The highest BCUT2D eigenvalue weighted by Crippen LogP contribution is 2.36. The second kappa shape index (κ2) is 7.63. The Hall–Kier alpha value is -0.900. The van der Waals surface area contributed by atoms with Crippen LogP contribution in [0.2, 0.25) is 0 Å². The molecule has 3 heteroatoms. The minimum absolute atomic E-state index is 0.432. The molecule has 106 valence electrons. The van der Waals surface area contributed by atoms with Crippen LogP contribution >= 0.6 is 0 Å². The summed E-state index contributed by atoms with van der Waals surface area (Å²) >= 11 is 0. The zero-order chi connectivity index (χ0) is 13.5. The van der Waals surface area contributed by atoms with Crippen LogP contribution in [0.5, 0.6) is 0 Å². The largest absolute Gasteiger partial charge is 0.388 e. The Morgan fingerprint density at radius 1 is 1.16 bits per heavy atom. The molecule has 0 aliphatic heterocycles. The van der Waals surface area contributed by atoms with E-state index in [1.807, 2.05) is 12.1 Å². The first kappa shape index (κ1) is 14.5. The number of hydrogen-bond donors (Lipinski definition) is 1. The van der Waals surface area contributed by atoms with Gasteiger partial charge in [-0.2, -0.15) is 0 Å². The van der Waals surface area contributed by atoms with Gasteiger partial charge in [-0.3, -0.25) is 0 Å². The van der Waals surface area contributed by atoms with Crippen LogP contribution in [0.15, 0.2) is 24.3 Å². The van der Waals surface area contributed by atoms with E-state index in [-0.39, 0.29) is 0 Å². The molecule has 0 bridgehead atoms. The van der Waals surface area contributed by atoms with Crippen LogP contribution < -0.4 is 0 Å². The van der Waals surface area contributed by atoms with E-state index >= 15 is 0 Å². The van der Waals surface area contributed by atoms with Gasteiger partial charge in [0, 0.05) is 20.1 Å². The van der Waals surface area contributed by atoms with Crippen LogP contribution in [0.3, 0.4) is 0 Å². The third-order valence-corrected chi connectivity index (χ3v) is 3.87. The molecule has 0 aromatic heterocycles. The van der Waals surface area contributed by atoms with E-state index in [1.165, 1.54) is 24.8 Å². The van der Waals surface area contributed by atoms with Gasteiger partial charge in [-0.15, -0.1) is 0 Å². The molecule has 0 saturated heterocycles. The lowest BCUT2D eigenvalue weighted by atomic mass is 9.80. The van der Waals surface area contributed by atoms with Crippen molar-refractivity contribution in [2.24, 2.45) is 0 Å². The van der Waals surface area contributed by atoms with Crippen molar-refractivity contribution in [2.45, 2.75) is 37.7 Å². The number of rotatable bonds is 8. The second-order valence-corrected chi connectivity index (χ2v) is 5.20. The molecule has 0 radical (unpaired) electrons.